The van der Waals surface area contributed by atoms with Gasteiger partial charge in [0, 0.05) is 37.3 Å². The molecule has 146 valence electrons. The third kappa shape index (κ3) is 3.20. The Morgan fingerprint density at radius 2 is 1.83 bits per heavy atom. The Kier molecular flexibility index (Phi) is 4.19. The molecule has 1 fully saturated rings. The Labute approximate surface area is 168 Å². The van der Waals surface area contributed by atoms with Crippen LogP contribution in [0.25, 0.3) is 11.1 Å². The van der Waals surface area contributed by atoms with Gasteiger partial charge in [-0.25, -0.2) is 4.98 Å². The Morgan fingerprint density at radius 3 is 2.59 bits per heavy atom. The number of nitrogens with zero attached hydrogens (tertiary/aromatic N) is 3. The molecule has 1 amide bonds. The lowest BCUT2D eigenvalue weighted by Gasteiger charge is -2.42. The first kappa shape index (κ1) is 17.7. The molecule has 2 aliphatic rings. The highest BCUT2D eigenvalue weighted by Gasteiger charge is 2.37. The van der Waals surface area contributed by atoms with Gasteiger partial charge in [-0.05, 0) is 41.7 Å². The standard InChI is InChI=1S/C23H21N3O3/c27-19-6-7-20(24-11-19)23(29)25-12-15-8-18(14-25)21-9-17(10-22(28)26(21)13-15)16-4-2-1-3-5-16/h1-7,9-11,15,18,27H,8,12-14H2/t15-,18+/m0/s1. The molecule has 0 spiro atoms. The molecule has 3 aromatic rings. The van der Waals surface area contributed by atoms with Gasteiger partial charge in [0.15, 0.2) is 0 Å². The van der Waals surface area contributed by atoms with Gasteiger partial charge in [0.2, 0.25) is 0 Å². The van der Waals surface area contributed by atoms with Crippen molar-refractivity contribution in [1.82, 2.24) is 14.5 Å². The quantitative estimate of drug-likeness (QED) is 0.734. The van der Waals surface area contributed by atoms with Crippen LogP contribution in [0.1, 0.15) is 28.5 Å². The van der Waals surface area contributed by atoms with Crippen molar-refractivity contribution in [3.05, 3.63) is 82.5 Å². The van der Waals surface area contributed by atoms with Crippen LogP contribution in [0.15, 0.2) is 65.6 Å². The molecule has 2 aromatic heterocycles. The molecule has 1 aromatic carbocycles. The Morgan fingerprint density at radius 1 is 1.00 bits per heavy atom. The minimum atomic E-state index is -0.130. The molecule has 0 saturated carbocycles. The molecule has 6 nitrogen and oxygen atoms in total. The fraction of sp³-hybridized carbons (Fsp3) is 0.261. The second-order valence-electron chi connectivity index (χ2n) is 7.89. The topological polar surface area (TPSA) is 75.4 Å². The van der Waals surface area contributed by atoms with Crippen molar-refractivity contribution in [3.8, 4) is 16.9 Å². The van der Waals surface area contributed by atoms with E-state index in [0.717, 1.165) is 23.2 Å². The maximum atomic E-state index is 12.9. The van der Waals surface area contributed by atoms with Crippen molar-refractivity contribution in [3.63, 3.8) is 0 Å². The van der Waals surface area contributed by atoms with Crippen molar-refractivity contribution in [1.29, 1.82) is 0 Å². The fourth-order valence-electron chi connectivity index (χ4n) is 4.60. The molecule has 2 aliphatic heterocycles. The first-order chi connectivity index (χ1) is 14.1. The summed E-state index contributed by atoms with van der Waals surface area (Å²) in [6.45, 7) is 1.81. The van der Waals surface area contributed by atoms with E-state index in [1.165, 1.54) is 12.3 Å². The van der Waals surface area contributed by atoms with E-state index in [1.54, 1.807) is 12.1 Å². The lowest BCUT2D eigenvalue weighted by molar-refractivity contribution is 0.0589. The average molecular weight is 387 g/mol. The second kappa shape index (κ2) is 6.88. The fourth-order valence-corrected chi connectivity index (χ4v) is 4.60. The van der Waals surface area contributed by atoms with Gasteiger partial charge in [-0.1, -0.05) is 30.3 Å². The van der Waals surface area contributed by atoms with Crippen LogP contribution in [0.5, 0.6) is 5.75 Å². The number of amides is 1. The van der Waals surface area contributed by atoms with Gasteiger partial charge in [-0.3, -0.25) is 9.59 Å². The number of aromatic nitrogens is 2. The van der Waals surface area contributed by atoms with E-state index in [9.17, 15) is 14.7 Å². The number of benzene rings is 1. The van der Waals surface area contributed by atoms with Crippen LogP contribution in [0, 0.1) is 5.92 Å². The molecule has 0 unspecified atom stereocenters. The monoisotopic (exact) mass is 387 g/mol. The molecule has 2 atom stereocenters. The zero-order valence-electron chi connectivity index (χ0n) is 15.9. The van der Waals surface area contributed by atoms with Gasteiger partial charge in [0.1, 0.15) is 11.4 Å². The summed E-state index contributed by atoms with van der Waals surface area (Å²) < 4.78 is 1.88. The number of pyridine rings is 2. The van der Waals surface area contributed by atoms with Crippen LogP contribution in [-0.4, -0.2) is 38.6 Å². The predicted octanol–water partition coefficient (Wildman–Crippen LogP) is 2.88. The summed E-state index contributed by atoms with van der Waals surface area (Å²) in [4.78, 5) is 31.6. The summed E-state index contributed by atoms with van der Waals surface area (Å²) in [6, 6.07) is 16.7. The molecule has 2 bridgehead atoms. The van der Waals surface area contributed by atoms with Gasteiger partial charge >= 0.3 is 0 Å². The van der Waals surface area contributed by atoms with Gasteiger partial charge < -0.3 is 14.6 Å². The Hall–Kier alpha value is -3.41. The predicted molar refractivity (Wildman–Crippen MR) is 109 cm³/mol. The normalized spacial score (nSPS) is 20.2. The number of hydrogen-bond donors (Lipinski definition) is 1. The van der Waals surface area contributed by atoms with Crippen molar-refractivity contribution < 1.29 is 9.90 Å². The smallest absolute Gasteiger partial charge is 0.272 e. The summed E-state index contributed by atoms with van der Waals surface area (Å²) in [5, 5.41) is 9.42. The first-order valence-electron chi connectivity index (χ1n) is 9.83. The number of rotatable bonds is 2. The molecule has 0 radical (unpaired) electrons. The van der Waals surface area contributed by atoms with E-state index >= 15 is 0 Å². The second-order valence-corrected chi connectivity index (χ2v) is 7.89. The molecule has 0 aliphatic carbocycles. The van der Waals surface area contributed by atoms with Crippen molar-refractivity contribution in [2.75, 3.05) is 13.1 Å². The first-order valence-corrected chi connectivity index (χ1v) is 9.83. The minimum absolute atomic E-state index is 0.0241. The zero-order valence-corrected chi connectivity index (χ0v) is 15.9. The molecule has 1 N–H and O–H groups in total. The van der Waals surface area contributed by atoms with E-state index in [0.29, 0.717) is 25.3 Å². The number of carbonyl (C=O) groups is 1. The third-order valence-electron chi connectivity index (χ3n) is 5.92. The van der Waals surface area contributed by atoms with Gasteiger partial charge in [-0.15, -0.1) is 0 Å². The molecular formula is C23H21N3O3. The lowest BCUT2D eigenvalue weighted by atomic mass is 9.82. The van der Waals surface area contributed by atoms with Gasteiger partial charge in [0.25, 0.3) is 11.5 Å². The zero-order chi connectivity index (χ0) is 20.0. The van der Waals surface area contributed by atoms with Crippen molar-refractivity contribution in [2.24, 2.45) is 5.92 Å². The number of aromatic hydroxyl groups is 1. The Bertz CT molecular complexity index is 1120. The maximum absolute atomic E-state index is 12.9. The highest BCUT2D eigenvalue weighted by atomic mass is 16.3. The maximum Gasteiger partial charge on any atom is 0.272 e. The number of hydrogen-bond acceptors (Lipinski definition) is 4. The molecular weight excluding hydrogens is 366 g/mol. The molecule has 4 heterocycles. The summed E-state index contributed by atoms with van der Waals surface area (Å²) in [5.41, 5.74) is 3.30. The summed E-state index contributed by atoms with van der Waals surface area (Å²) in [5.74, 6) is 0.288. The largest absolute Gasteiger partial charge is 0.506 e. The van der Waals surface area contributed by atoms with Crippen molar-refractivity contribution in [2.45, 2.75) is 18.9 Å². The third-order valence-corrected chi connectivity index (χ3v) is 5.92. The number of fused-ring (bicyclic) bond motifs is 4. The van der Waals surface area contributed by atoms with Crippen LogP contribution in [-0.2, 0) is 6.54 Å². The van der Waals surface area contributed by atoms with Crippen LogP contribution in [0.3, 0.4) is 0 Å². The van der Waals surface area contributed by atoms with Crippen LogP contribution < -0.4 is 5.56 Å². The number of piperidine rings is 1. The number of carbonyl (C=O) groups excluding carboxylic acids is 1. The minimum Gasteiger partial charge on any atom is -0.506 e. The Balaban J connectivity index is 1.48. The number of likely N-dealkylation sites (tertiary alicyclic amines) is 1. The SMILES string of the molecule is O=C(c1ccc(O)cn1)N1C[C@@H]2C[C@H](C1)c1cc(-c3ccccc3)cc(=O)n1C2. The van der Waals surface area contributed by atoms with E-state index in [2.05, 4.69) is 11.1 Å². The molecule has 5 rings (SSSR count). The average Bonchev–Trinajstić information content (AvgIpc) is 2.75. The molecule has 29 heavy (non-hydrogen) atoms. The van der Waals surface area contributed by atoms with Crippen LogP contribution in [0.4, 0.5) is 0 Å². The van der Waals surface area contributed by atoms with E-state index in [1.807, 2.05) is 39.8 Å². The van der Waals surface area contributed by atoms with E-state index in [4.69, 9.17) is 0 Å². The lowest BCUT2D eigenvalue weighted by Crippen LogP contribution is -2.49. The summed E-state index contributed by atoms with van der Waals surface area (Å²) in [6.07, 6.45) is 2.27. The molecule has 1 saturated heterocycles. The molecule has 6 heteroatoms. The summed E-state index contributed by atoms with van der Waals surface area (Å²) in [7, 11) is 0. The van der Waals surface area contributed by atoms with Crippen LogP contribution >= 0.6 is 0 Å². The van der Waals surface area contributed by atoms with Gasteiger partial charge in [0.05, 0.1) is 6.20 Å². The summed E-state index contributed by atoms with van der Waals surface area (Å²) >= 11 is 0. The highest BCUT2D eigenvalue weighted by molar-refractivity contribution is 5.92. The van der Waals surface area contributed by atoms with Crippen molar-refractivity contribution >= 4 is 5.91 Å². The highest BCUT2D eigenvalue weighted by Crippen LogP contribution is 2.37. The van der Waals surface area contributed by atoms with E-state index < -0.39 is 0 Å². The van der Waals surface area contributed by atoms with E-state index in [-0.39, 0.29) is 29.1 Å². The van der Waals surface area contributed by atoms with Crippen LogP contribution in [0.2, 0.25) is 0 Å². The van der Waals surface area contributed by atoms with Gasteiger partial charge in [-0.2, -0.15) is 0 Å².